The lowest BCUT2D eigenvalue weighted by atomic mass is 9.97. The summed E-state index contributed by atoms with van der Waals surface area (Å²) in [6.45, 7) is 6.27. The summed E-state index contributed by atoms with van der Waals surface area (Å²) in [6, 6.07) is 14.0. The first-order valence-electron chi connectivity index (χ1n) is 7.74. The fourth-order valence-corrected chi connectivity index (χ4v) is 3.37. The largest absolute Gasteiger partial charge is 0.349 e. The second-order valence-corrected chi connectivity index (χ2v) is 7.12. The van der Waals surface area contributed by atoms with Crippen molar-refractivity contribution >= 4 is 29.3 Å². The molecule has 2 nitrogen and oxygen atoms in total. The molecule has 0 saturated heterocycles. The van der Waals surface area contributed by atoms with Crippen molar-refractivity contribution in [2.75, 3.05) is 5.75 Å². The second kappa shape index (κ2) is 8.42. The third-order valence-corrected chi connectivity index (χ3v) is 4.99. The molecule has 1 amide bonds. The zero-order chi connectivity index (χ0) is 16.8. The van der Waals surface area contributed by atoms with E-state index in [1.165, 1.54) is 28.5 Å². The van der Waals surface area contributed by atoms with Crippen LogP contribution in [0.2, 0.25) is 5.02 Å². The van der Waals surface area contributed by atoms with Crippen LogP contribution in [0.15, 0.2) is 47.4 Å². The van der Waals surface area contributed by atoms with E-state index in [4.69, 9.17) is 11.6 Å². The Hall–Kier alpha value is -1.45. The van der Waals surface area contributed by atoms with E-state index in [9.17, 15) is 4.79 Å². The lowest BCUT2D eigenvalue weighted by molar-refractivity contribution is -0.119. The molecule has 1 N–H and O–H groups in total. The van der Waals surface area contributed by atoms with Crippen LogP contribution in [0.1, 0.15) is 36.1 Å². The van der Waals surface area contributed by atoms with Crippen molar-refractivity contribution in [1.29, 1.82) is 0 Å². The van der Waals surface area contributed by atoms with Crippen LogP contribution in [0.3, 0.4) is 0 Å². The number of nitrogens with one attached hydrogen (secondary N) is 1. The van der Waals surface area contributed by atoms with Gasteiger partial charge in [-0.05, 0) is 55.7 Å². The maximum Gasteiger partial charge on any atom is 0.230 e. The summed E-state index contributed by atoms with van der Waals surface area (Å²) in [6.07, 6.45) is 0.876. The van der Waals surface area contributed by atoms with Gasteiger partial charge in [-0.1, -0.05) is 42.3 Å². The summed E-state index contributed by atoms with van der Waals surface area (Å²) < 4.78 is 0. The minimum Gasteiger partial charge on any atom is -0.349 e. The molecule has 0 bridgehead atoms. The molecule has 4 heteroatoms. The highest BCUT2D eigenvalue weighted by atomic mass is 35.5. The van der Waals surface area contributed by atoms with Crippen molar-refractivity contribution in [2.45, 2.75) is 38.1 Å². The Kier molecular flexibility index (Phi) is 6.55. The lowest BCUT2D eigenvalue weighted by Crippen LogP contribution is -2.30. The number of aryl methyl sites for hydroxylation is 2. The average Bonchev–Trinajstić information content (AvgIpc) is 2.52. The molecule has 2 rings (SSSR count). The maximum absolute atomic E-state index is 12.2. The summed E-state index contributed by atoms with van der Waals surface area (Å²) >= 11 is 7.39. The van der Waals surface area contributed by atoms with E-state index in [1.807, 2.05) is 24.3 Å². The van der Waals surface area contributed by atoms with E-state index in [1.54, 1.807) is 0 Å². The molecule has 2 aromatic carbocycles. The van der Waals surface area contributed by atoms with E-state index in [2.05, 4.69) is 44.3 Å². The van der Waals surface area contributed by atoms with E-state index in [0.717, 1.165) is 11.3 Å². The van der Waals surface area contributed by atoms with Crippen LogP contribution in [0.25, 0.3) is 0 Å². The molecule has 0 radical (unpaired) electrons. The smallest absolute Gasteiger partial charge is 0.230 e. The summed E-state index contributed by atoms with van der Waals surface area (Å²) in [5.41, 5.74) is 3.66. The molecule has 122 valence electrons. The highest BCUT2D eigenvalue weighted by molar-refractivity contribution is 8.00. The standard InChI is InChI=1S/C19H22ClNOS/c1-4-18(17-10-5-13(2)11-14(17)3)21-19(22)12-23-16-8-6-15(20)7-9-16/h5-11,18H,4,12H2,1-3H3,(H,21,22). The molecular weight excluding hydrogens is 326 g/mol. The number of halogens is 1. The van der Waals surface area contributed by atoms with E-state index in [0.29, 0.717) is 10.8 Å². The van der Waals surface area contributed by atoms with Gasteiger partial charge in [0.2, 0.25) is 5.91 Å². The molecule has 2 aromatic rings. The van der Waals surface area contributed by atoms with Crippen LogP contribution >= 0.6 is 23.4 Å². The molecule has 0 fully saturated rings. The molecular formula is C19H22ClNOS. The van der Waals surface area contributed by atoms with Crippen LogP contribution in [0.4, 0.5) is 0 Å². The monoisotopic (exact) mass is 347 g/mol. The summed E-state index contributed by atoms with van der Waals surface area (Å²) in [4.78, 5) is 13.3. The normalized spacial score (nSPS) is 12.0. The van der Waals surface area contributed by atoms with Crippen LogP contribution in [-0.2, 0) is 4.79 Å². The van der Waals surface area contributed by atoms with Gasteiger partial charge in [-0.15, -0.1) is 11.8 Å². The van der Waals surface area contributed by atoms with Crippen molar-refractivity contribution in [3.8, 4) is 0 Å². The first-order chi connectivity index (χ1) is 11.0. The number of rotatable bonds is 6. The van der Waals surface area contributed by atoms with Crippen LogP contribution < -0.4 is 5.32 Å². The number of thioether (sulfide) groups is 1. The van der Waals surface area contributed by atoms with Crippen molar-refractivity contribution < 1.29 is 4.79 Å². The predicted molar refractivity (Wildman–Crippen MR) is 99.3 cm³/mol. The molecule has 1 unspecified atom stereocenters. The minimum absolute atomic E-state index is 0.0526. The Morgan fingerprint density at radius 3 is 2.48 bits per heavy atom. The third-order valence-electron chi connectivity index (χ3n) is 3.73. The van der Waals surface area contributed by atoms with Crippen molar-refractivity contribution in [3.05, 3.63) is 64.2 Å². The summed E-state index contributed by atoms with van der Waals surface area (Å²) in [5, 5.41) is 3.85. The van der Waals surface area contributed by atoms with Gasteiger partial charge in [0.1, 0.15) is 0 Å². The first kappa shape index (κ1) is 17.9. The van der Waals surface area contributed by atoms with E-state index >= 15 is 0 Å². The van der Waals surface area contributed by atoms with Crippen molar-refractivity contribution in [1.82, 2.24) is 5.32 Å². The maximum atomic E-state index is 12.2. The zero-order valence-electron chi connectivity index (χ0n) is 13.7. The number of hydrogen-bond acceptors (Lipinski definition) is 2. The number of benzene rings is 2. The predicted octanol–water partition coefficient (Wildman–Crippen LogP) is 5.32. The third kappa shape index (κ3) is 5.29. The number of amides is 1. The molecule has 1 atom stereocenters. The molecule has 0 aliphatic carbocycles. The fourth-order valence-electron chi connectivity index (χ4n) is 2.53. The number of carbonyl (C=O) groups is 1. The molecule has 0 spiro atoms. The molecule has 0 aliphatic rings. The number of carbonyl (C=O) groups excluding carboxylic acids is 1. The van der Waals surface area contributed by atoms with Crippen LogP contribution in [0, 0.1) is 13.8 Å². The summed E-state index contributed by atoms with van der Waals surface area (Å²) in [5.74, 6) is 0.458. The lowest BCUT2D eigenvalue weighted by Gasteiger charge is -2.20. The van der Waals surface area contributed by atoms with Gasteiger partial charge in [-0.3, -0.25) is 4.79 Å². The summed E-state index contributed by atoms with van der Waals surface area (Å²) in [7, 11) is 0. The fraction of sp³-hybridized carbons (Fsp3) is 0.316. The highest BCUT2D eigenvalue weighted by Gasteiger charge is 2.15. The second-order valence-electron chi connectivity index (χ2n) is 5.63. The van der Waals surface area contributed by atoms with Gasteiger partial charge >= 0.3 is 0 Å². The topological polar surface area (TPSA) is 29.1 Å². The Balaban J connectivity index is 1.95. The molecule has 0 aromatic heterocycles. The Bertz CT molecular complexity index is 670. The molecule has 23 heavy (non-hydrogen) atoms. The van der Waals surface area contributed by atoms with Gasteiger partial charge in [0, 0.05) is 9.92 Å². The van der Waals surface area contributed by atoms with Crippen LogP contribution in [-0.4, -0.2) is 11.7 Å². The van der Waals surface area contributed by atoms with Gasteiger partial charge in [-0.2, -0.15) is 0 Å². The molecule has 0 heterocycles. The average molecular weight is 348 g/mol. The van der Waals surface area contributed by atoms with Crippen molar-refractivity contribution in [3.63, 3.8) is 0 Å². The van der Waals surface area contributed by atoms with E-state index in [-0.39, 0.29) is 11.9 Å². The van der Waals surface area contributed by atoms with Gasteiger partial charge < -0.3 is 5.32 Å². The first-order valence-corrected chi connectivity index (χ1v) is 9.11. The van der Waals surface area contributed by atoms with Gasteiger partial charge in [-0.25, -0.2) is 0 Å². The van der Waals surface area contributed by atoms with Gasteiger partial charge in [0.15, 0.2) is 0 Å². The Morgan fingerprint density at radius 2 is 1.87 bits per heavy atom. The SMILES string of the molecule is CCC(NC(=O)CSc1ccc(Cl)cc1)c1ccc(C)cc1C. The minimum atomic E-state index is 0.0526. The molecule has 0 saturated carbocycles. The highest BCUT2D eigenvalue weighted by Crippen LogP contribution is 2.23. The van der Waals surface area contributed by atoms with Crippen molar-refractivity contribution in [2.24, 2.45) is 0 Å². The van der Waals surface area contributed by atoms with Gasteiger partial charge in [0.25, 0.3) is 0 Å². The number of hydrogen-bond donors (Lipinski definition) is 1. The van der Waals surface area contributed by atoms with Crippen LogP contribution in [0.5, 0.6) is 0 Å². The Labute approximate surface area is 147 Å². The quantitative estimate of drug-likeness (QED) is 0.717. The zero-order valence-corrected chi connectivity index (χ0v) is 15.3. The molecule has 0 aliphatic heterocycles. The Morgan fingerprint density at radius 1 is 1.17 bits per heavy atom. The van der Waals surface area contributed by atoms with E-state index < -0.39 is 0 Å². The van der Waals surface area contributed by atoms with Gasteiger partial charge in [0.05, 0.1) is 11.8 Å².